The van der Waals surface area contributed by atoms with Crippen molar-refractivity contribution < 1.29 is 39.6 Å². The summed E-state index contributed by atoms with van der Waals surface area (Å²) in [5.41, 5.74) is 0. The number of aliphatic hydroxyl groups excluding tert-OH is 2. The van der Waals surface area contributed by atoms with E-state index in [1.807, 2.05) is 43.4 Å². The van der Waals surface area contributed by atoms with Crippen molar-refractivity contribution in [2.24, 2.45) is 0 Å². The molecular formula is C36H60O8. The van der Waals surface area contributed by atoms with Crippen LogP contribution in [0.25, 0.3) is 0 Å². The number of hydrogen-bond donors (Lipinski definition) is 4. The Morgan fingerprint density at radius 1 is 0.523 bits per heavy atom. The maximum atomic E-state index is 11.7. The van der Waals surface area contributed by atoms with Crippen molar-refractivity contribution >= 4 is 23.5 Å². The largest absolute Gasteiger partial charge is 0.481 e. The molecule has 0 fully saturated rings. The summed E-state index contributed by atoms with van der Waals surface area (Å²) in [6.07, 6.45) is 28.6. The molecule has 0 aromatic heterocycles. The van der Waals surface area contributed by atoms with Gasteiger partial charge in [-0.05, 0) is 57.8 Å². The molecule has 0 aliphatic carbocycles. The van der Waals surface area contributed by atoms with Crippen molar-refractivity contribution in [3.05, 3.63) is 48.6 Å². The first kappa shape index (κ1) is 43.3. The predicted molar refractivity (Wildman–Crippen MR) is 178 cm³/mol. The van der Waals surface area contributed by atoms with E-state index in [1.165, 1.54) is 0 Å². The molecule has 0 saturated heterocycles. The SMILES string of the molecule is CC/C=C\C/C=C\CC(=O)C(O)CCCCCCCC(=O)O.CC/C=C\CC(O)C(=O)C/C=C\CCCCCCCC(=O)O. The minimum absolute atomic E-state index is 0.124. The van der Waals surface area contributed by atoms with Gasteiger partial charge >= 0.3 is 11.9 Å². The van der Waals surface area contributed by atoms with E-state index in [0.717, 1.165) is 83.5 Å². The number of aliphatic carboxylic acids is 2. The number of allylic oxidation sites excluding steroid dienone is 7. The summed E-state index contributed by atoms with van der Waals surface area (Å²) < 4.78 is 0. The summed E-state index contributed by atoms with van der Waals surface area (Å²) in [4.78, 5) is 44.0. The van der Waals surface area contributed by atoms with E-state index in [9.17, 15) is 29.4 Å². The van der Waals surface area contributed by atoms with Crippen molar-refractivity contribution in [1.82, 2.24) is 0 Å². The van der Waals surface area contributed by atoms with Gasteiger partial charge in [0.25, 0.3) is 0 Å². The topological polar surface area (TPSA) is 149 Å². The van der Waals surface area contributed by atoms with Gasteiger partial charge < -0.3 is 20.4 Å². The number of rotatable bonds is 28. The zero-order valence-electron chi connectivity index (χ0n) is 27.3. The van der Waals surface area contributed by atoms with Crippen molar-refractivity contribution in [2.45, 2.75) is 154 Å². The highest BCUT2D eigenvalue weighted by Gasteiger charge is 2.12. The maximum absolute atomic E-state index is 11.7. The highest BCUT2D eigenvalue weighted by atomic mass is 16.4. The molecule has 0 bridgehead atoms. The molecular weight excluding hydrogens is 560 g/mol. The number of hydrogen-bond acceptors (Lipinski definition) is 6. The molecule has 0 amide bonds. The highest BCUT2D eigenvalue weighted by molar-refractivity contribution is 5.84. The van der Waals surface area contributed by atoms with Gasteiger partial charge in [0.05, 0.1) is 0 Å². The molecule has 0 aromatic carbocycles. The molecule has 0 rings (SSSR count). The summed E-state index contributed by atoms with van der Waals surface area (Å²) >= 11 is 0. The Bertz CT molecular complexity index is 856. The molecule has 0 heterocycles. The lowest BCUT2D eigenvalue weighted by atomic mass is 10.0. The monoisotopic (exact) mass is 620 g/mol. The average Bonchev–Trinajstić information content (AvgIpc) is 2.99. The molecule has 8 nitrogen and oxygen atoms in total. The quantitative estimate of drug-likeness (QED) is 0.0507. The molecule has 8 heteroatoms. The number of ketones is 2. The van der Waals surface area contributed by atoms with E-state index < -0.39 is 24.1 Å². The number of carbonyl (C=O) groups is 4. The normalized spacial score (nSPS) is 13.0. The summed E-state index contributed by atoms with van der Waals surface area (Å²) in [6, 6.07) is 0. The first-order chi connectivity index (χ1) is 21.1. The van der Waals surface area contributed by atoms with Crippen LogP contribution in [0.3, 0.4) is 0 Å². The Morgan fingerprint density at radius 3 is 1.55 bits per heavy atom. The Balaban J connectivity index is 0. The van der Waals surface area contributed by atoms with Crippen LogP contribution in [-0.2, 0) is 19.2 Å². The molecule has 0 aromatic rings. The smallest absolute Gasteiger partial charge is 0.303 e. The molecule has 252 valence electrons. The van der Waals surface area contributed by atoms with E-state index in [0.29, 0.717) is 32.1 Å². The average molecular weight is 621 g/mol. The number of aliphatic hydroxyl groups is 2. The van der Waals surface area contributed by atoms with Crippen LogP contribution in [0.4, 0.5) is 0 Å². The van der Waals surface area contributed by atoms with E-state index in [2.05, 4.69) is 19.1 Å². The summed E-state index contributed by atoms with van der Waals surface area (Å²) in [7, 11) is 0. The van der Waals surface area contributed by atoms with Crippen LogP contribution in [0, 0.1) is 0 Å². The molecule has 2 atom stereocenters. The fourth-order valence-electron chi connectivity index (χ4n) is 4.12. The second-order valence-electron chi connectivity index (χ2n) is 10.9. The van der Waals surface area contributed by atoms with E-state index >= 15 is 0 Å². The van der Waals surface area contributed by atoms with Crippen molar-refractivity contribution in [1.29, 1.82) is 0 Å². The second-order valence-corrected chi connectivity index (χ2v) is 10.9. The minimum atomic E-state index is -0.887. The standard InChI is InChI=1S/2C18H30O4/c1-2-3-10-13-16(19)17(20)14-11-8-6-4-5-7-9-12-15-18(21)22;1-2-3-4-5-7-10-13-16(19)17(20)14-11-8-6-9-12-15-18(21)22/h3,8,10-11,16,19H,2,4-7,9,12-15H2,1H3,(H,21,22);3-4,7,10,17,20H,2,5-6,8-9,11-15H2,1H3,(H,21,22)/b10-3-,11-8-;4-3-,10-7-. The third kappa shape index (κ3) is 33.7. The van der Waals surface area contributed by atoms with Gasteiger partial charge in [0.15, 0.2) is 11.6 Å². The Morgan fingerprint density at radius 2 is 0.977 bits per heavy atom. The summed E-state index contributed by atoms with van der Waals surface area (Å²) in [6.45, 7) is 4.09. The zero-order valence-corrected chi connectivity index (χ0v) is 27.3. The molecule has 2 unspecified atom stereocenters. The van der Waals surface area contributed by atoms with Gasteiger partial charge in [0, 0.05) is 25.7 Å². The molecule has 0 aliphatic heterocycles. The number of unbranched alkanes of at least 4 members (excludes halogenated alkanes) is 9. The molecule has 0 aliphatic rings. The fraction of sp³-hybridized carbons (Fsp3) is 0.667. The van der Waals surface area contributed by atoms with E-state index in [1.54, 1.807) is 0 Å². The first-order valence-corrected chi connectivity index (χ1v) is 16.6. The van der Waals surface area contributed by atoms with Gasteiger partial charge in [-0.25, -0.2) is 0 Å². The third-order valence-corrected chi connectivity index (χ3v) is 6.78. The van der Waals surface area contributed by atoms with Gasteiger partial charge in [-0.3, -0.25) is 19.2 Å². The summed E-state index contributed by atoms with van der Waals surface area (Å²) in [5, 5.41) is 36.4. The first-order valence-electron chi connectivity index (χ1n) is 16.6. The lowest BCUT2D eigenvalue weighted by Crippen LogP contribution is -2.19. The van der Waals surface area contributed by atoms with Crippen molar-refractivity contribution in [3.8, 4) is 0 Å². The predicted octanol–water partition coefficient (Wildman–Crippen LogP) is 8.07. The van der Waals surface area contributed by atoms with Crippen LogP contribution in [-0.4, -0.2) is 56.1 Å². The molecule has 0 radical (unpaired) electrons. The van der Waals surface area contributed by atoms with Gasteiger partial charge in [0.2, 0.25) is 0 Å². The number of Topliss-reactive ketones (excluding diaryl/α,β-unsaturated/α-hetero) is 2. The second kappa shape index (κ2) is 33.1. The van der Waals surface area contributed by atoms with Crippen LogP contribution in [0.15, 0.2) is 48.6 Å². The third-order valence-electron chi connectivity index (χ3n) is 6.78. The lowest BCUT2D eigenvalue weighted by molar-refractivity contribution is -0.138. The van der Waals surface area contributed by atoms with Gasteiger partial charge in [0.1, 0.15) is 12.2 Å². The Kier molecular flexibility index (Phi) is 32.5. The number of carboxylic acid groups (broad SMARTS) is 2. The maximum Gasteiger partial charge on any atom is 0.303 e. The van der Waals surface area contributed by atoms with Crippen LogP contribution in [0.5, 0.6) is 0 Å². The van der Waals surface area contributed by atoms with Crippen molar-refractivity contribution in [2.75, 3.05) is 0 Å². The van der Waals surface area contributed by atoms with Crippen LogP contribution < -0.4 is 0 Å². The van der Waals surface area contributed by atoms with Gasteiger partial charge in [-0.15, -0.1) is 0 Å². The zero-order chi connectivity index (χ0) is 33.3. The van der Waals surface area contributed by atoms with Crippen LogP contribution in [0.1, 0.15) is 142 Å². The lowest BCUT2D eigenvalue weighted by Gasteiger charge is -2.07. The van der Waals surface area contributed by atoms with E-state index in [4.69, 9.17) is 10.2 Å². The Labute approximate surface area is 266 Å². The van der Waals surface area contributed by atoms with Crippen LogP contribution in [0.2, 0.25) is 0 Å². The number of carboxylic acids is 2. The van der Waals surface area contributed by atoms with Gasteiger partial charge in [-0.1, -0.05) is 107 Å². The van der Waals surface area contributed by atoms with Crippen molar-refractivity contribution in [3.63, 3.8) is 0 Å². The van der Waals surface area contributed by atoms with Gasteiger partial charge in [-0.2, -0.15) is 0 Å². The minimum Gasteiger partial charge on any atom is -0.481 e. The Hall–Kier alpha value is -2.84. The molecule has 0 saturated carbocycles. The summed E-state index contributed by atoms with van der Waals surface area (Å²) in [5.74, 6) is -1.73. The highest BCUT2D eigenvalue weighted by Crippen LogP contribution is 2.11. The van der Waals surface area contributed by atoms with E-state index in [-0.39, 0.29) is 24.4 Å². The van der Waals surface area contributed by atoms with Crippen LogP contribution >= 0.6 is 0 Å². The fourth-order valence-corrected chi connectivity index (χ4v) is 4.12. The molecule has 4 N–H and O–H groups in total. The number of carbonyl (C=O) groups excluding carboxylic acids is 2. The molecule has 44 heavy (non-hydrogen) atoms. The molecule has 0 spiro atoms.